The molecule has 2 aromatic heterocycles. The molecule has 0 aliphatic carbocycles. The zero-order chi connectivity index (χ0) is 9.97. The second-order valence-corrected chi connectivity index (χ2v) is 4.29. The Labute approximate surface area is 90.7 Å². The van der Waals surface area contributed by atoms with Gasteiger partial charge in [0.15, 0.2) is 5.65 Å². The summed E-state index contributed by atoms with van der Waals surface area (Å²) in [5.74, 6) is 0. The van der Waals surface area contributed by atoms with Crippen molar-refractivity contribution < 1.29 is 0 Å². The van der Waals surface area contributed by atoms with E-state index in [2.05, 4.69) is 27.5 Å². The highest BCUT2D eigenvalue weighted by Gasteiger charge is 2.05. The van der Waals surface area contributed by atoms with Crippen molar-refractivity contribution in [2.75, 3.05) is 12.5 Å². The minimum atomic E-state index is 0.717. The molecule has 72 valence electrons. The van der Waals surface area contributed by atoms with Crippen LogP contribution in [0, 0.1) is 0 Å². The number of nitrogens with zero attached hydrogens (tertiary/aromatic N) is 3. The van der Waals surface area contributed by atoms with Gasteiger partial charge >= 0.3 is 0 Å². The van der Waals surface area contributed by atoms with Crippen LogP contribution in [0.1, 0.15) is 0 Å². The summed E-state index contributed by atoms with van der Waals surface area (Å²) in [6.45, 7) is 0. The van der Waals surface area contributed by atoms with Gasteiger partial charge < -0.3 is 0 Å². The van der Waals surface area contributed by atoms with Crippen molar-refractivity contribution in [1.82, 2.24) is 15.2 Å². The molecule has 5 heteroatoms. The predicted molar refractivity (Wildman–Crippen MR) is 60.9 cm³/mol. The van der Waals surface area contributed by atoms with Gasteiger partial charge in [-0.1, -0.05) is 0 Å². The van der Waals surface area contributed by atoms with Crippen molar-refractivity contribution >= 4 is 34.6 Å². The number of hydrogen-bond acceptors (Lipinski definition) is 5. The lowest BCUT2D eigenvalue weighted by Gasteiger charge is -2.04. The lowest BCUT2D eigenvalue weighted by atomic mass is 10.3. The van der Waals surface area contributed by atoms with Crippen molar-refractivity contribution in [2.45, 2.75) is 9.92 Å². The fourth-order valence-corrected chi connectivity index (χ4v) is 2.58. The van der Waals surface area contributed by atoms with E-state index in [9.17, 15) is 0 Å². The molecule has 2 heterocycles. The maximum absolute atomic E-state index is 4.43. The maximum Gasteiger partial charge on any atom is 0.182 e. The molecule has 0 spiro atoms. The van der Waals surface area contributed by atoms with Crippen LogP contribution >= 0.6 is 23.5 Å². The molecule has 2 rings (SSSR count). The highest BCUT2D eigenvalue weighted by molar-refractivity contribution is 8.01. The molecule has 0 aromatic carbocycles. The molecule has 0 aliphatic heterocycles. The standard InChI is InChI=1S/C9H9N3S2/c1-13-7-5-6-3-4-10-12-8(6)11-9(7)14-2/h3-5H,1-2H3. The maximum atomic E-state index is 4.43. The molecule has 0 radical (unpaired) electrons. The van der Waals surface area contributed by atoms with Crippen LogP contribution < -0.4 is 0 Å². The topological polar surface area (TPSA) is 38.7 Å². The first kappa shape index (κ1) is 9.73. The molecule has 3 nitrogen and oxygen atoms in total. The summed E-state index contributed by atoms with van der Waals surface area (Å²) in [7, 11) is 0. The Morgan fingerprint density at radius 1 is 1.21 bits per heavy atom. The van der Waals surface area contributed by atoms with E-state index in [0.717, 1.165) is 16.1 Å². The van der Waals surface area contributed by atoms with Gasteiger partial charge in [0, 0.05) is 10.3 Å². The van der Waals surface area contributed by atoms with Gasteiger partial charge in [-0.25, -0.2) is 4.98 Å². The first-order valence-corrected chi connectivity index (χ1v) is 6.50. The Kier molecular flexibility index (Phi) is 2.88. The van der Waals surface area contributed by atoms with Gasteiger partial charge in [-0.3, -0.25) is 0 Å². The first-order chi connectivity index (χ1) is 6.85. The van der Waals surface area contributed by atoms with Crippen molar-refractivity contribution in [1.29, 1.82) is 0 Å². The van der Waals surface area contributed by atoms with Crippen LogP contribution in [0.3, 0.4) is 0 Å². The third kappa shape index (κ3) is 1.69. The van der Waals surface area contributed by atoms with Crippen molar-refractivity contribution in [3.05, 3.63) is 18.3 Å². The van der Waals surface area contributed by atoms with Crippen LogP contribution in [0.25, 0.3) is 11.0 Å². The van der Waals surface area contributed by atoms with Gasteiger partial charge in [0.2, 0.25) is 0 Å². The third-order valence-electron chi connectivity index (χ3n) is 1.85. The average Bonchev–Trinajstić information content (AvgIpc) is 2.27. The summed E-state index contributed by atoms with van der Waals surface area (Å²) >= 11 is 3.34. The Morgan fingerprint density at radius 2 is 2.07 bits per heavy atom. The van der Waals surface area contributed by atoms with E-state index in [0.29, 0.717) is 0 Å². The molecule has 0 saturated carbocycles. The lowest BCUT2D eigenvalue weighted by Crippen LogP contribution is -1.90. The average molecular weight is 223 g/mol. The summed E-state index contributed by atoms with van der Waals surface area (Å²) in [6.07, 6.45) is 5.76. The van der Waals surface area contributed by atoms with Crippen LogP contribution in [0.2, 0.25) is 0 Å². The molecule has 14 heavy (non-hydrogen) atoms. The second kappa shape index (κ2) is 4.14. The van der Waals surface area contributed by atoms with E-state index in [1.54, 1.807) is 29.7 Å². The van der Waals surface area contributed by atoms with Crippen molar-refractivity contribution in [3.63, 3.8) is 0 Å². The molecule has 2 aromatic rings. The van der Waals surface area contributed by atoms with E-state index >= 15 is 0 Å². The van der Waals surface area contributed by atoms with Gasteiger partial charge in [0.05, 0.1) is 6.20 Å². The molecule has 0 atom stereocenters. The van der Waals surface area contributed by atoms with Gasteiger partial charge in [0.25, 0.3) is 0 Å². The van der Waals surface area contributed by atoms with E-state index < -0.39 is 0 Å². The summed E-state index contributed by atoms with van der Waals surface area (Å²) in [4.78, 5) is 5.63. The number of thioether (sulfide) groups is 2. The molecular formula is C9H9N3S2. The van der Waals surface area contributed by atoms with E-state index in [-0.39, 0.29) is 0 Å². The van der Waals surface area contributed by atoms with Gasteiger partial charge in [-0.15, -0.1) is 28.6 Å². The van der Waals surface area contributed by atoms with E-state index in [4.69, 9.17) is 0 Å². The van der Waals surface area contributed by atoms with Gasteiger partial charge in [-0.2, -0.15) is 5.10 Å². The summed E-state index contributed by atoms with van der Waals surface area (Å²) < 4.78 is 0. The molecule has 0 aliphatic rings. The molecule has 0 saturated heterocycles. The molecule has 0 bridgehead atoms. The fraction of sp³-hybridized carbons (Fsp3) is 0.222. The number of hydrogen-bond donors (Lipinski definition) is 0. The molecular weight excluding hydrogens is 214 g/mol. The molecule has 0 N–H and O–H groups in total. The summed E-state index contributed by atoms with van der Waals surface area (Å²) in [6, 6.07) is 4.03. The highest BCUT2D eigenvalue weighted by atomic mass is 32.2. The van der Waals surface area contributed by atoms with Crippen LogP contribution in [-0.4, -0.2) is 27.7 Å². The minimum absolute atomic E-state index is 0.717. The van der Waals surface area contributed by atoms with E-state index in [1.165, 1.54) is 4.90 Å². The smallest absolute Gasteiger partial charge is 0.182 e. The van der Waals surface area contributed by atoms with Crippen LogP contribution in [0.5, 0.6) is 0 Å². The summed E-state index contributed by atoms with van der Waals surface area (Å²) in [5, 5.41) is 9.86. The Bertz CT molecular complexity index is 416. The highest BCUT2D eigenvalue weighted by Crippen LogP contribution is 2.28. The zero-order valence-corrected chi connectivity index (χ0v) is 9.52. The summed E-state index contributed by atoms with van der Waals surface area (Å²) in [5.41, 5.74) is 0.717. The van der Waals surface area contributed by atoms with Crippen LogP contribution in [0.4, 0.5) is 0 Å². The number of fused-ring (bicyclic) bond motifs is 1. The molecule has 0 amide bonds. The van der Waals surface area contributed by atoms with Crippen molar-refractivity contribution in [2.24, 2.45) is 0 Å². The van der Waals surface area contributed by atoms with Gasteiger partial charge in [0.1, 0.15) is 5.03 Å². The second-order valence-electron chi connectivity index (χ2n) is 2.64. The Morgan fingerprint density at radius 3 is 2.79 bits per heavy atom. The monoisotopic (exact) mass is 223 g/mol. The molecule has 0 fully saturated rings. The SMILES string of the molecule is CSc1cc2ccnnc2nc1SC. The van der Waals surface area contributed by atoms with Gasteiger partial charge in [-0.05, 0) is 24.6 Å². The number of aromatic nitrogens is 3. The van der Waals surface area contributed by atoms with Crippen LogP contribution in [-0.2, 0) is 0 Å². The minimum Gasteiger partial charge on any atom is -0.219 e. The molecule has 0 unspecified atom stereocenters. The fourth-order valence-electron chi connectivity index (χ4n) is 1.18. The first-order valence-electron chi connectivity index (χ1n) is 4.05. The normalized spacial score (nSPS) is 10.7. The largest absolute Gasteiger partial charge is 0.219 e. The lowest BCUT2D eigenvalue weighted by molar-refractivity contribution is 0.995. The Hall–Kier alpha value is -0.810. The van der Waals surface area contributed by atoms with Crippen molar-refractivity contribution in [3.8, 4) is 0 Å². The Balaban J connectivity index is 2.69. The third-order valence-corrected chi connectivity index (χ3v) is 3.43. The number of rotatable bonds is 2. The van der Waals surface area contributed by atoms with Crippen LogP contribution in [0.15, 0.2) is 28.3 Å². The van der Waals surface area contributed by atoms with E-state index in [1.807, 2.05) is 12.3 Å². The quantitative estimate of drug-likeness (QED) is 0.731. The zero-order valence-electron chi connectivity index (χ0n) is 7.89. The predicted octanol–water partition coefficient (Wildman–Crippen LogP) is 2.47. The number of pyridine rings is 1.